The Morgan fingerprint density at radius 3 is 2.45 bits per heavy atom. The third-order valence-electron chi connectivity index (χ3n) is 6.04. The SMILES string of the molecule is COC(=O)c1c(C)[nH]c(C(=O)NCC(c2ccc(OC)cc2)c2c[nH]c3ccccc23)c1C. The van der Waals surface area contributed by atoms with E-state index in [0.29, 0.717) is 29.1 Å². The van der Waals surface area contributed by atoms with Crippen molar-refractivity contribution in [2.75, 3.05) is 20.8 Å². The van der Waals surface area contributed by atoms with Crippen molar-refractivity contribution in [3.05, 3.63) is 88.4 Å². The van der Waals surface area contributed by atoms with E-state index >= 15 is 0 Å². The molecule has 7 heteroatoms. The number of fused-ring (bicyclic) bond motifs is 1. The van der Waals surface area contributed by atoms with Gasteiger partial charge in [0.05, 0.1) is 19.8 Å². The molecule has 7 nitrogen and oxygen atoms in total. The molecule has 0 aliphatic rings. The number of hydrogen-bond donors (Lipinski definition) is 3. The molecule has 0 saturated heterocycles. The van der Waals surface area contributed by atoms with Crippen LogP contribution in [0.15, 0.2) is 54.7 Å². The summed E-state index contributed by atoms with van der Waals surface area (Å²) in [7, 11) is 2.96. The van der Waals surface area contributed by atoms with Crippen LogP contribution in [0.4, 0.5) is 0 Å². The molecule has 0 fully saturated rings. The van der Waals surface area contributed by atoms with Crippen molar-refractivity contribution in [1.82, 2.24) is 15.3 Å². The predicted octanol–water partition coefficient (Wildman–Crippen LogP) is 4.47. The van der Waals surface area contributed by atoms with Gasteiger partial charge in [-0.15, -0.1) is 0 Å². The second-order valence-corrected chi connectivity index (χ2v) is 7.94. The number of rotatable bonds is 7. The summed E-state index contributed by atoms with van der Waals surface area (Å²) in [6, 6.07) is 15.9. The van der Waals surface area contributed by atoms with Crippen LogP contribution < -0.4 is 10.1 Å². The fourth-order valence-corrected chi connectivity index (χ4v) is 4.29. The van der Waals surface area contributed by atoms with E-state index in [2.05, 4.69) is 21.4 Å². The van der Waals surface area contributed by atoms with E-state index in [9.17, 15) is 9.59 Å². The van der Waals surface area contributed by atoms with Gasteiger partial charge in [0.25, 0.3) is 5.91 Å². The van der Waals surface area contributed by atoms with Crippen LogP contribution in [-0.4, -0.2) is 42.6 Å². The van der Waals surface area contributed by atoms with Gasteiger partial charge in [0.15, 0.2) is 0 Å². The van der Waals surface area contributed by atoms with Crippen molar-refractivity contribution in [2.24, 2.45) is 0 Å². The zero-order chi connectivity index (χ0) is 23.5. The number of aromatic amines is 2. The molecule has 0 bridgehead atoms. The Labute approximate surface area is 192 Å². The van der Waals surface area contributed by atoms with Gasteiger partial charge in [-0.25, -0.2) is 4.79 Å². The van der Waals surface area contributed by atoms with Crippen LogP contribution in [0.5, 0.6) is 5.75 Å². The number of carbonyl (C=O) groups excluding carboxylic acids is 2. The number of methoxy groups -OCH3 is 2. The molecule has 2 heterocycles. The molecule has 0 saturated carbocycles. The fourth-order valence-electron chi connectivity index (χ4n) is 4.29. The van der Waals surface area contributed by atoms with Crippen LogP contribution in [0.25, 0.3) is 10.9 Å². The van der Waals surface area contributed by atoms with Crippen LogP contribution in [0.2, 0.25) is 0 Å². The molecule has 33 heavy (non-hydrogen) atoms. The lowest BCUT2D eigenvalue weighted by molar-refractivity contribution is 0.0599. The zero-order valence-corrected chi connectivity index (χ0v) is 19.1. The maximum atomic E-state index is 13.1. The minimum atomic E-state index is -0.463. The number of aryl methyl sites for hydroxylation is 1. The van der Waals surface area contributed by atoms with E-state index < -0.39 is 5.97 Å². The maximum Gasteiger partial charge on any atom is 0.339 e. The number of aromatic nitrogens is 2. The third-order valence-corrected chi connectivity index (χ3v) is 6.04. The highest BCUT2D eigenvalue weighted by atomic mass is 16.5. The van der Waals surface area contributed by atoms with E-state index in [1.807, 2.05) is 48.7 Å². The number of amides is 1. The van der Waals surface area contributed by atoms with Crippen molar-refractivity contribution in [3.8, 4) is 5.75 Å². The molecule has 0 spiro atoms. The highest BCUT2D eigenvalue weighted by Gasteiger charge is 2.24. The summed E-state index contributed by atoms with van der Waals surface area (Å²) in [5.74, 6) is -0.0555. The maximum absolute atomic E-state index is 13.1. The Bertz CT molecular complexity index is 1300. The van der Waals surface area contributed by atoms with E-state index in [0.717, 1.165) is 27.8 Å². The van der Waals surface area contributed by atoms with Gasteiger partial charge in [-0.1, -0.05) is 30.3 Å². The van der Waals surface area contributed by atoms with Crippen LogP contribution in [-0.2, 0) is 4.74 Å². The van der Waals surface area contributed by atoms with Gasteiger partial charge in [0, 0.05) is 35.3 Å². The molecular formula is C26H27N3O4. The van der Waals surface area contributed by atoms with Gasteiger partial charge in [-0.3, -0.25) is 4.79 Å². The molecule has 0 radical (unpaired) electrons. The topological polar surface area (TPSA) is 96.2 Å². The molecule has 0 aliphatic heterocycles. The van der Waals surface area contributed by atoms with E-state index in [1.165, 1.54) is 7.11 Å². The lowest BCUT2D eigenvalue weighted by atomic mass is 9.90. The first kappa shape index (κ1) is 22.2. The first-order valence-corrected chi connectivity index (χ1v) is 10.7. The average molecular weight is 446 g/mol. The van der Waals surface area contributed by atoms with E-state index in [-0.39, 0.29) is 11.8 Å². The third kappa shape index (κ3) is 4.22. The number of benzene rings is 2. The van der Waals surface area contributed by atoms with Gasteiger partial charge in [-0.2, -0.15) is 0 Å². The second kappa shape index (κ2) is 9.24. The highest BCUT2D eigenvalue weighted by molar-refractivity contribution is 6.00. The number of esters is 1. The monoisotopic (exact) mass is 445 g/mol. The van der Waals surface area contributed by atoms with Crippen LogP contribution in [0, 0.1) is 13.8 Å². The molecule has 1 unspecified atom stereocenters. The standard InChI is InChI=1S/C26H27N3O4/c1-15-23(26(31)33-4)16(2)29-24(15)25(30)28-13-20(17-9-11-18(32-3)12-10-17)21-14-27-22-8-6-5-7-19(21)22/h5-12,14,20,27,29H,13H2,1-4H3,(H,28,30). The Hall–Kier alpha value is -4.00. The largest absolute Gasteiger partial charge is 0.497 e. The number of nitrogens with one attached hydrogen (secondary N) is 3. The predicted molar refractivity (Wildman–Crippen MR) is 127 cm³/mol. The summed E-state index contributed by atoms with van der Waals surface area (Å²) >= 11 is 0. The van der Waals surface area contributed by atoms with Gasteiger partial charge in [0.1, 0.15) is 11.4 Å². The number of ether oxygens (including phenoxy) is 2. The Kier molecular flexibility index (Phi) is 6.22. The molecule has 1 atom stereocenters. The molecule has 1 amide bonds. The Balaban J connectivity index is 1.65. The first-order chi connectivity index (χ1) is 15.9. The first-order valence-electron chi connectivity index (χ1n) is 10.7. The van der Waals surface area contributed by atoms with Crippen molar-refractivity contribution >= 4 is 22.8 Å². The summed E-state index contributed by atoms with van der Waals surface area (Å²) in [5, 5.41) is 4.15. The number of hydrogen-bond acceptors (Lipinski definition) is 4. The Morgan fingerprint density at radius 1 is 1.03 bits per heavy atom. The summed E-state index contributed by atoms with van der Waals surface area (Å²) in [6.07, 6.45) is 1.99. The van der Waals surface area contributed by atoms with E-state index in [4.69, 9.17) is 9.47 Å². The smallest absolute Gasteiger partial charge is 0.339 e. The second-order valence-electron chi connectivity index (χ2n) is 7.94. The summed E-state index contributed by atoms with van der Waals surface area (Å²) < 4.78 is 10.2. The minimum absolute atomic E-state index is 0.0903. The average Bonchev–Trinajstić information content (AvgIpc) is 3.39. The summed E-state index contributed by atoms with van der Waals surface area (Å²) in [6.45, 7) is 3.87. The van der Waals surface area contributed by atoms with E-state index in [1.54, 1.807) is 21.0 Å². The van der Waals surface area contributed by atoms with Crippen molar-refractivity contribution in [2.45, 2.75) is 19.8 Å². The molecular weight excluding hydrogens is 418 g/mol. The lowest BCUT2D eigenvalue weighted by Crippen LogP contribution is -2.29. The number of H-pyrrole nitrogens is 2. The van der Waals surface area contributed by atoms with Crippen molar-refractivity contribution in [3.63, 3.8) is 0 Å². The van der Waals surface area contributed by atoms with Crippen LogP contribution in [0.1, 0.15) is 49.1 Å². The Morgan fingerprint density at radius 2 is 1.76 bits per heavy atom. The van der Waals surface area contributed by atoms with Crippen molar-refractivity contribution < 1.29 is 19.1 Å². The zero-order valence-electron chi connectivity index (χ0n) is 19.1. The van der Waals surface area contributed by atoms with Gasteiger partial charge in [0.2, 0.25) is 0 Å². The molecule has 0 aliphatic carbocycles. The van der Waals surface area contributed by atoms with Gasteiger partial charge in [-0.05, 0) is 48.7 Å². The normalized spacial score (nSPS) is 11.9. The lowest BCUT2D eigenvalue weighted by Gasteiger charge is -2.18. The number of carbonyl (C=O) groups is 2. The molecule has 170 valence electrons. The quantitative estimate of drug-likeness (QED) is 0.366. The molecule has 4 rings (SSSR count). The summed E-state index contributed by atoms with van der Waals surface area (Å²) in [5.41, 5.74) is 5.11. The van der Waals surface area contributed by atoms with Gasteiger partial charge < -0.3 is 24.8 Å². The highest BCUT2D eigenvalue weighted by Crippen LogP contribution is 2.31. The van der Waals surface area contributed by atoms with Crippen molar-refractivity contribution in [1.29, 1.82) is 0 Å². The fraction of sp³-hybridized carbons (Fsp3) is 0.231. The van der Waals surface area contributed by atoms with Gasteiger partial charge >= 0.3 is 5.97 Å². The summed E-state index contributed by atoms with van der Waals surface area (Å²) in [4.78, 5) is 31.5. The molecule has 3 N–H and O–H groups in total. The minimum Gasteiger partial charge on any atom is -0.497 e. The molecule has 2 aromatic carbocycles. The van der Waals surface area contributed by atoms with Crippen LogP contribution in [0.3, 0.4) is 0 Å². The number of para-hydroxylation sites is 1. The van der Waals surface area contributed by atoms with Crippen LogP contribution >= 0.6 is 0 Å². The molecule has 4 aromatic rings. The molecule has 2 aromatic heterocycles.